The third-order valence-corrected chi connectivity index (χ3v) is 4.38. The molecule has 1 aromatic carbocycles. The fraction of sp³-hybridized carbons (Fsp3) is 0.375. The fourth-order valence-electron chi connectivity index (χ4n) is 2.79. The molecule has 1 aromatic heterocycles. The number of hydrogen-bond donors (Lipinski definition) is 0. The summed E-state index contributed by atoms with van der Waals surface area (Å²) in [4.78, 5) is 12.5. The normalized spacial score (nSPS) is 16.3. The Balaban J connectivity index is 1.90. The lowest BCUT2D eigenvalue weighted by molar-refractivity contribution is -0.0671. The molecule has 4 nitrogen and oxygen atoms in total. The molecule has 0 bridgehead atoms. The number of aryl methyl sites for hydroxylation is 2. The van der Waals surface area contributed by atoms with Gasteiger partial charge in [-0.3, -0.25) is 4.68 Å². The number of esters is 1. The average molecular weight is 305 g/mol. The number of ether oxygens (including phenoxy) is 1. The Labute approximate surface area is 128 Å². The summed E-state index contributed by atoms with van der Waals surface area (Å²) in [6, 6.07) is 7.57. The zero-order valence-electron chi connectivity index (χ0n) is 12.1. The molecule has 5 heteroatoms. The van der Waals surface area contributed by atoms with Gasteiger partial charge >= 0.3 is 5.97 Å². The maximum absolute atomic E-state index is 12.5. The average Bonchev–Trinajstić information content (AvgIpc) is 2.74. The van der Waals surface area contributed by atoms with Crippen LogP contribution in [-0.2, 0) is 17.4 Å². The van der Waals surface area contributed by atoms with E-state index in [9.17, 15) is 4.79 Å². The second-order valence-electron chi connectivity index (χ2n) is 5.52. The number of hydrogen-bond acceptors (Lipinski definition) is 3. The van der Waals surface area contributed by atoms with E-state index in [2.05, 4.69) is 5.10 Å². The van der Waals surface area contributed by atoms with Crippen LogP contribution in [0, 0.1) is 6.92 Å². The second-order valence-corrected chi connectivity index (χ2v) is 5.93. The molecule has 2 aromatic rings. The maximum atomic E-state index is 12.5. The van der Waals surface area contributed by atoms with Crippen LogP contribution in [0.3, 0.4) is 0 Å². The van der Waals surface area contributed by atoms with Crippen LogP contribution in [0.15, 0.2) is 30.5 Å². The van der Waals surface area contributed by atoms with Gasteiger partial charge in [0.2, 0.25) is 0 Å². The van der Waals surface area contributed by atoms with Crippen LogP contribution in [0.1, 0.15) is 40.9 Å². The van der Waals surface area contributed by atoms with E-state index in [1.54, 1.807) is 24.9 Å². The van der Waals surface area contributed by atoms with Gasteiger partial charge in [-0.2, -0.15) is 5.10 Å². The van der Waals surface area contributed by atoms with Gasteiger partial charge in [0.05, 0.1) is 5.69 Å². The summed E-state index contributed by atoms with van der Waals surface area (Å²) in [6.45, 7) is 1.81. The van der Waals surface area contributed by atoms with Crippen molar-refractivity contribution in [2.45, 2.75) is 31.8 Å². The van der Waals surface area contributed by atoms with Gasteiger partial charge in [0.25, 0.3) is 0 Å². The van der Waals surface area contributed by atoms with Crippen molar-refractivity contribution in [3.8, 4) is 0 Å². The number of carbonyl (C=O) groups excluding carboxylic acids is 1. The van der Waals surface area contributed by atoms with Crippen LogP contribution in [0.25, 0.3) is 0 Å². The number of rotatable bonds is 3. The molecule has 1 aliphatic carbocycles. The van der Waals surface area contributed by atoms with Gasteiger partial charge in [-0.05, 0) is 32.3 Å². The van der Waals surface area contributed by atoms with E-state index in [1.165, 1.54) is 0 Å². The molecule has 21 heavy (non-hydrogen) atoms. The van der Waals surface area contributed by atoms with Gasteiger partial charge in [0.1, 0.15) is 11.2 Å². The number of aromatic nitrogens is 2. The van der Waals surface area contributed by atoms with Crippen molar-refractivity contribution < 1.29 is 9.53 Å². The van der Waals surface area contributed by atoms with E-state index < -0.39 is 5.60 Å². The van der Waals surface area contributed by atoms with Crippen LogP contribution in [0.5, 0.6) is 0 Å². The first-order chi connectivity index (χ1) is 10.0. The van der Waals surface area contributed by atoms with Crippen LogP contribution in [-0.4, -0.2) is 15.7 Å². The topological polar surface area (TPSA) is 44.1 Å². The van der Waals surface area contributed by atoms with Crippen molar-refractivity contribution in [3.05, 3.63) is 52.3 Å². The van der Waals surface area contributed by atoms with Gasteiger partial charge in [-0.25, -0.2) is 4.79 Å². The largest absolute Gasteiger partial charge is 0.450 e. The van der Waals surface area contributed by atoms with Gasteiger partial charge in [-0.15, -0.1) is 0 Å². The molecule has 0 amide bonds. The van der Waals surface area contributed by atoms with Gasteiger partial charge in [0.15, 0.2) is 0 Å². The van der Waals surface area contributed by atoms with Crippen molar-refractivity contribution >= 4 is 17.6 Å². The van der Waals surface area contributed by atoms with Crippen molar-refractivity contribution in [1.82, 2.24) is 9.78 Å². The van der Waals surface area contributed by atoms with Crippen LogP contribution in [0.2, 0.25) is 5.02 Å². The minimum atomic E-state index is -0.586. The molecule has 0 spiro atoms. The minimum absolute atomic E-state index is 0.333. The van der Waals surface area contributed by atoms with Crippen LogP contribution >= 0.6 is 11.6 Å². The molecule has 110 valence electrons. The van der Waals surface area contributed by atoms with Gasteiger partial charge < -0.3 is 4.74 Å². The molecule has 0 N–H and O–H groups in total. The highest BCUT2D eigenvalue weighted by atomic mass is 35.5. The first kappa shape index (κ1) is 14.1. The van der Waals surface area contributed by atoms with Crippen LogP contribution in [0.4, 0.5) is 0 Å². The van der Waals surface area contributed by atoms with E-state index in [0.717, 1.165) is 24.8 Å². The quantitative estimate of drug-likeness (QED) is 0.814. The molecule has 0 aliphatic heterocycles. The highest BCUT2D eigenvalue weighted by Crippen LogP contribution is 2.47. The predicted molar refractivity (Wildman–Crippen MR) is 80.3 cm³/mol. The summed E-state index contributed by atoms with van der Waals surface area (Å²) in [6.07, 6.45) is 4.34. The molecular formula is C16H17ClN2O2. The first-order valence-electron chi connectivity index (χ1n) is 7.00. The van der Waals surface area contributed by atoms with Gasteiger partial charge in [-0.1, -0.05) is 29.8 Å². The summed E-state index contributed by atoms with van der Waals surface area (Å²) >= 11 is 6.28. The van der Waals surface area contributed by atoms with E-state index >= 15 is 0 Å². The monoisotopic (exact) mass is 304 g/mol. The molecule has 1 aliphatic rings. The van der Waals surface area contributed by atoms with Gasteiger partial charge in [0, 0.05) is 23.8 Å². The number of carbonyl (C=O) groups is 1. The number of halogens is 1. The smallest absolute Gasteiger partial charge is 0.342 e. The van der Waals surface area contributed by atoms with Crippen LogP contribution < -0.4 is 0 Å². The molecule has 1 saturated carbocycles. The first-order valence-corrected chi connectivity index (χ1v) is 7.38. The fourth-order valence-corrected chi connectivity index (χ4v) is 3.10. The highest BCUT2D eigenvalue weighted by Gasteiger charge is 2.44. The summed E-state index contributed by atoms with van der Waals surface area (Å²) in [7, 11) is 1.79. The predicted octanol–water partition coefficient (Wildman–Crippen LogP) is 3.62. The lowest BCUT2D eigenvalue weighted by Crippen LogP contribution is -2.39. The molecule has 0 saturated heterocycles. The lowest BCUT2D eigenvalue weighted by Gasteiger charge is -2.41. The highest BCUT2D eigenvalue weighted by molar-refractivity contribution is 6.31. The Morgan fingerprint density at radius 1 is 1.38 bits per heavy atom. The minimum Gasteiger partial charge on any atom is -0.450 e. The molecule has 0 unspecified atom stereocenters. The Hall–Kier alpha value is -1.81. The summed E-state index contributed by atoms with van der Waals surface area (Å²) in [5.74, 6) is -0.333. The zero-order valence-corrected chi connectivity index (χ0v) is 12.9. The van der Waals surface area contributed by atoms with Crippen molar-refractivity contribution in [2.75, 3.05) is 0 Å². The van der Waals surface area contributed by atoms with Crippen molar-refractivity contribution in [2.24, 2.45) is 7.05 Å². The van der Waals surface area contributed by atoms with E-state index in [1.807, 2.05) is 24.3 Å². The Bertz CT molecular complexity index is 689. The maximum Gasteiger partial charge on any atom is 0.342 e. The molecule has 1 fully saturated rings. The Morgan fingerprint density at radius 3 is 2.62 bits per heavy atom. The number of benzene rings is 1. The molecule has 0 radical (unpaired) electrons. The summed E-state index contributed by atoms with van der Waals surface area (Å²) in [5.41, 5.74) is 1.50. The second kappa shape index (κ2) is 5.19. The Kier molecular flexibility index (Phi) is 3.49. The summed E-state index contributed by atoms with van der Waals surface area (Å²) < 4.78 is 7.46. The van der Waals surface area contributed by atoms with E-state index in [-0.39, 0.29) is 5.97 Å². The van der Waals surface area contributed by atoms with Crippen molar-refractivity contribution in [3.63, 3.8) is 0 Å². The lowest BCUT2D eigenvalue weighted by atomic mass is 9.74. The third-order valence-electron chi connectivity index (χ3n) is 4.05. The number of nitrogens with zero attached hydrogens (tertiary/aromatic N) is 2. The molecule has 0 atom stereocenters. The van der Waals surface area contributed by atoms with E-state index in [0.29, 0.717) is 16.3 Å². The standard InChI is InChI=1S/C16H17ClN2O2/c1-11-12(10-19(2)18-11)15(20)21-16(8-5-9-16)13-6-3-4-7-14(13)17/h3-4,6-7,10H,5,8-9H2,1-2H3. The van der Waals surface area contributed by atoms with Crippen molar-refractivity contribution in [1.29, 1.82) is 0 Å². The molecule has 1 heterocycles. The Morgan fingerprint density at radius 2 is 2.10 bits per heavy atom. The van der Waals surface area contributed by atoms with E-state index in [4.69, 9.17) is 16.3 Å². The molecular weight excluding hydrogens is 288 g/mol. The molecule has 3 rings (SSSR count). The summed E-state index contributed by atoms with van der Waals surface area (Å²) in [5, 5.41) is 4.83. The SMILES string of the molecule is Cc1nn(C)cc1C(=O)OC1(c2ccccc2Cl)CCC1. The third kappa shape index (κ3) is 2.44. The zero-order chi connectivity index (χ0) is 15.0.